The highest BCUT2D eigenvalue weighted by Gasteiger charge is 2.59. The summed E-state index contributed by atoms with van der Waals surface area (Å²) in [7, 11) is 0. The Kier molecular flexibility index (Phi) is 6.84. The van der Waals surface area contributed by atoms with Crippen molar-refractivity contribution in [2.75, 3.05) is 6.54 Å². The molecule has 210 valence electrons. The molecule has 3 aliphatic rings. The first-order chi connectivity index (χ1) is 18.8. The van der Waals surface area contributed by atoms with E-state index in [1.54, 1.807) is 26.8 Å². The highest BCUT2D eigenvalue weighted by Crippen LogP contribution is 2.54. The fraction of sp³-hybridized carbons (Fsp3) is 0.483. The number of nitrogens with one attached hydrogen (secondary N) is 2. The number of halogens is 3. The molecule has 5 rings (SSSR count). The summed E-state index contributed by atoms with van der Waals surface area (Å²) in [6.45, 7) is 4.85. The number of nitriles is 1. The third-order valence-electron chi connectivity index (χ3n) is 8.35. The Morgan fingerprint density at radius 2 is 1.80 bits per heavy atom. The number of carbonyl (C=O) groups is 3. The first-order valence-electron chi connectivity index (χ1n) is 13.2. The smallest absolute Gasteiger partial charge is 0.336 e. The molecule has 2 aliphatic carbocycles. The van der Waals surface area contributed by atoms with Gasteiger partial charge in [-0.1, -0.05) is 51.1 Å². The highest BCUT2D eigenvalue weighted by atomic mass is 19.4. The van der Waals surface area contributed by atoms with Crippen LogP contribution in [0.25, 0.3) is 10.9 Å². The molecule has 7 atom stereocenters. The number of rotatable bonds is 5. The van der Waals surface area contributed by atoms with Gasteiger partial charge < -0.3 is 15.5 Å². The fourth-order valence-corrected chi connectivity index (χ4v) is 6.47. The van der Waals surface area contributed by atoms with Crippen LogP contribution in [0.1, 0.15) is 38.8 Å². The van der Waals surface area contributed by atoms with Crippen LogP contribution in [0.4, 0.5) is 13.2 Å². The quantitative estimate of drug-likeness (QED) is 0.549. The summed E-state index contributed by atoms with van der Waals surface area (Å²) in [5, 5.41) is 15.4. The van der Waals surface area contributed by atoms with E-state index in [1.807, 2.05) is 35.7 Å². The van der Waals surface area contributed by atoms with Gasteiger partial charge in [-0.2, -0.15) is 18.4 Å². The van der Waals surface area contributed by atoms with Crippen molar-refractivity contribution in [2.24, 2.45) is 29.1 Å². The average Bonchev–Trinajstić information content (AvgIpc) is 3.61. The van der Waals surface area contributed by atoms with Crippen LogP contribution in [0, 0.1) is 40.4 Å². The zero-order valence-electron chi connectivity index (χ0n) is 22.3. The Morgan fingerprint density at radius 3 is 2.48 bits per heavy atom. The fourth-order valence-electron chi connectivity index (χ4n) is 6.47. The Labute approximate surface area is 229 Å². The summed E-state index contributed by atoms with van der Waals surface area (Å²) in [5.41, 5.74) is 0.132. The predicted molar refractivity (Wildman–Crippen MR) is 139 cm³/mol. The molecule has 2 N–H and O–H groups in total. The van der Waals surface area contributed by atoms with E-state index in [0.717, 1.165) is 17.3 Å². The molecule has 1 aromatic carbocycles. The van der Waals surface area contributed by atoms with Crippen molar-refractivity contribution in [3.63, 3.8) is 0 Å². The Bertz CT molecular complexity index is 1430. The topological polar surface area (TPSA) is 115 Å². The molecule has 2 heterocycles. The second kappa shape index (κ2) is 9.91. The molecule has 0 radical (unpaired) electrons. The van der Waals surface area contributed by atoms with Gasteiger partial charge in [0, 0.05) is 23.7 Å². The summed E-state index contributed by atoms with van der Waals surface area (Å²) in [6.07, 6.45) is 1.28. The number of fused-ring (bicyclic) bond motifs is 6. The van der Waals surface area contributed by atoms with Crippen molar-refractivity contribution in [1.29, 1.82) is 5.26 Å². The van der Waals surface area contributed by atoms with Crippen LogP contribution in [0.2, 0.25) is 0 Å². The van der Waals surface area contributed by atoms with Gasteiger partial charge in [0.05, 0.1) is 11.6 Å². The molecule has 1 saturated heterocycles. The molecule has 1 unspecified atom stereocenters. The summed E-state index contributed by atoms with van der Waals surface area (Å²) < 4.78 is 39.4. The summed E-state index contributed by atoms with van der Waals surface area (Å²) in [6, 6.07) is 7.62. The maximum absolute atomic E-state index is 13.9. The van der Waals surface area contributed by atoms with Crippen LogP contribution >= 0.6 is 0 Å². The lowest BCUT2D eigenvalue weighted by Gasteiger charge is -2.37. The molecule has 11 heteroatoms. The Hall–Kier alpha value is -3.94. The highest BCUT2D eigenvalue weighted by molar-refractivity contribution is 5.94. The molecule has 2 bridgehead atoms. The van der Waals surface area contributed by atoms with Gasteiger partial charge in [-0.05, 0) is 47.6 Å². The minimum absolute atomic E-state index is 0.0317. The van der Waals surface area contributed by atoms with Crippen LogP contribution in [-0.4, -0.2) is 52.4 Å². The van der Waals surface area contributed by atoms with E-state index in [0.29, 0.717) is 5.56 Å². The predicted octanol–water partition coefficient (Wildman–Crippen LogP) is 3.66. The standard InChI is InChI=1S/C29H30F3N5O3/c1-28(2,3)24(36-27(40)29(30,31)32)26(39)37-14-19-15-8-9-17(10-15)22(19)23(37)25(38)35-21(12-33)18-11-16-6-4-5-7-20(16)34-13-18/h4-9,11,13,15,17,19,21-24H,10,14H2,1-3H3,(H,35,38)(H,36,40)/t15-,17+,19-,21?,22+,23+,24-/m1/s1. The van der Waals surface area contributed by atoms with Crippen molar-refractivity contribution in [1.82, 2.24) is 20.5 Å². The van der Waals surface area contributed by atoms with Crippen LogP contribution in [0.3, 0.4) is 0 Å². The zero-order chi connectivity index (χ0) is 29.0. The maximum Gasteiger partial charge on any atom is 0.471 e. The molecule has 0 spiro atoms. The number of hydrogen-bond donors (Lipinski definition) is 2. The molecular formula is C29H30F3N5O3. The second-order valence-electron chi connectivity index (χ2n) is 11.9. The SMILES string of the molecule is CC(C)(C)[C@H](NC(=O)C(F)(F)F)C(=O)N1C[C@H]2[C@@H]([C@H]1C(=O)NC(C#N)c1cnc3ccccc3c1)[C@H]1C=C[C@@H]2C1. The number of hydrogen-bond acceptors (Lipinski definition) is 5. The first kappa shape index (κ1) is 27.6. The van der Waals surface area contributed by atoms with Crippen molar-refractivity contribution >= 4 is 28.6 Å². The normalized spacial score (nSPS) is 26.7. The third kappa shape index (κ3) is 4.91. The number of benzene rings is 1. The van der Waals surface area contributed by atoms with E-state index in [-0.39, 0.29) is 30.2 Å². The van der Waals surface area contributed by atoms with E-state index in [4.69, 9.17) is 0 Å². The van der Waals surface area contributed by atoms with Gasteiger partial charge in [-0.3, -0.25) is 19.4 Å². The van der Waals surface area contributed by atoms with E-state index in [2.05, 4.69) is 22.4 Å². The average molecular weight is 554 g/mol. The molecule has 40 heavy (non-hydrogen) atoms. The number of amides is 3. The largest absolute Gasteiger partial charge is 0.471 e. The number of nitrogens with zero attached hydrogens (tertiary/aromatic N) is 3. The van der Waals surface area contributed by atoms with Gasteiger partial charge in [0.1, 0.15) is 18.1 Å². The van der Waals surface area contributed by atoms with Crippen LogP contribution < -0.4 is 10.6 Å². The number of carbonyl (C=O) groups excluding carboxylic acids is 3. The van der Waals surface area contributed by atoms with Gasteiger partial charge >= 0.3 is 12.1 Å². The lowest BCUT2D eigenvalue weighted by molar-refractivity contribution is -0.176. The summed E-state index contributed by atoms with van der Waals surface area (Å²) >= 11 is 0. The molecular weight excluding hydrogens is 523 g/mol. The molecule has 1 aliphatic heterocycles. The molecule has 2 aromatic rings. The van der Waals surface area contributed by atoms with Crippen LogP contribution in [0.15, 0.2) is 48.7 Å². The lowest BCUT2D eigenvalue weighted by Crippen LogP contribution is -2.60. The number of pyridine rings is 1. The van der Waals surface area contributed by atoms with Crippen molar-refractivity contribution in [2.45, 2.75) is 51.5 Å². The zero-order valence-corrected chi connectivity index (χ0v) is 22.3. The lowest BCUT2D eigenvalue weighted by atomic mass is 9.81. The van der Waals surface area contributed by atoms with Crippen LogP contribution in [-0.2, 0) is 14.4 Å². The summed E-state index contributed by atoms with van der Waals surface area (Å²) in [5.74, 6) is -3.63. The second-order valence-corrected chi connectivity index (χ2v) is 11.9. The Morgan fingerprint density at radius 1 is 1.10 bits per heavy atom. The maximum atomic E-state index is 13.9. The van der Waals surface area contributed by atoms with Gasteiger partial charge in [-0.15, -0.1) is 0 Å². The van der Waals surface area contributed by atoms with Gasteiger partial charge in [-0.25, -0.2) is 0 Å². The van der Waals surface area contributed by atoms with Crippen molar-refractivity contribution in [3.05, 3.63) is 54.2 Å². The monoisotopic (exact) mass is 553 g/mol. The molecule has 3 amide bonds. The number of alkyl halides is 3. The minimum Gasteiger partial charge on any atom is -0.336 e. The van der Waals surface area contributed by atoms with E-state index < -0.39 is 47.4 Å². The Balaban J connectivity index is 1.45. The third-order valence-corrected chi connectivity index (χ3v) is 8.35. The number of aromatic nitrogens is 1. The van der Waals surface area contributed by atoms with Gasteiger partial charge in [0.25, 0.3) is 0 Å². The number of allylic oxidation sites excluding steroid dienone is 2. The number of para-hydroxylation sites is 1. The van der Waals surface area contributed by atoms with Gasteiger partial charge in [0.2, 0.25) is 11.8 Å². The summed E-state index contributed by atoms with van der Waals surface area (Å²) in [4.78, 5) is 45.3. The minimum atomic E-state index is -5.17. The molecule has 1 saturated carbocycles. The van der Waals surface area contributed by atoms with E-state index in [1.165, 1.54) is 11.1 Å². The molecule has 2 fully saturated rings. The molecule has 1 aromatic heterocycles. The van der Waals surface area contributed by atoms with Crippen molar-refractivity contribution < 1.29 is 27.6 Å². The molecule has 8 nitrogen and oxygen atoms in total. The van der Waals surface area contributed by atoms with E-state index >= 15 is 0 Å². The van der Waals surface area contributed by atoms with Gasteiger partial charge in [0.15, 0.2) is 0 Å². The van der Waals surface area contributed by atoms with Crippen LogP contribution in [0.5, 0.6) is 0 Å². The number of likely N-dealkylation sites (tertiary alicyclic amines) is 1. The van der Waals surface area contributed by atoms with Crippen molar-refractivity contribution in [3.8, 4) is 6.07 Å². The van der Waals surface area contributed by atoms with E-state index in [9.17, 15) is 32.8 Å². The first-order valence-corrected chi connectivity index (χ1v) is 13.2.